The maximum absolute atomic E-state index is 13.6. The van der Waals surface area contributed by atoms with Gasteiger partial charge in [-0.1, -0.05) is 36.4 Å². The van der Waals surface area contributed by atoms with Crippen LogP contribution in [0.4, 0.5) is 5.69 Å². The molecule has 1 amide bonds. The fourth-order valence-corrected chi connectivity index (χ4v) is 5.90. The van der Waals surface area contributed by atoms with Gasteiger partial charge in [-0.05, 0) is 72.0 Å². The van der Waals surface area contributed by atoms with Crippen molar-refractivity contribution in [1.29, 1.82) is 0 Å². The van der Waals surface area contributed by atoms with Crippen molar-refractivity contribution in [1.82, 2.24) is 9.55 Å². The van der Waals surface area contributed by atoms with E-state index >= 15 is 0 Å². The number of benzene rings is 2. The third-order valence-corrected chi connectivity index (χ3v) is 7.37. The number of thiophene rings is 1. The number of hydrogen-bond donors (Lipinski definition) is 1. The highest BCUT2D eigenvalue weighted by atomic mass is 127. The van der Waals surface area contributed by atoms with Gasteiger partial charge >= 0.3 is 0 Å². The number of halogens is 1. The number of carbonyl (C=O) groups excluding carboxylic acids is 1. The van der Waals surface area contributed by atoms with Gasteiger partial charge in [-0.25, -0.2) is 4.98 Å². The third-order valence-electron chi connectivity index (χ3n) is 5.52. The van der Waals surface area contributed by atoms with E-state index in [0.29, 0.717) is 16.9 Å². The number of nitrogens with one attached hydrogen (secondary N) is 1. The lowest BCUT2D eigenvalue weighted by molar-refractivity contribution is -0.116. The maximum atomic E-state index is 13.6. The molecule has 0 spiro atoms. The highest BCUT2D eigenvalue weighted by Crippen LogP contribution is 2.34. The van der Waals surface area contributed by atoms with Gasteiger partial charge in [0.1, 0.15) is 17.2 Å². The van der Waals surface area contributed by atoms with Crippen LogP contribution in [0.25, 0.3) is 21.6 Å². The van der Waals surface area contributed by atoms with E-state index in [1.54, 1.807) is 11.3 Å². The zero-order chi connectivity index (χ0) is 21.4. The van der Waals surface area contributed by atoms with Crippen molar-refractivity contribution in [2.45, 2.75) is 32.2 Å². The number of anilines is 1. The predicted molar refractivity (Wildman–Crippen MR) is 134 cm³/mol. The van der Waals surface area contributed by atoms with E-state index in [0.717, 1.165) is 45.2 Å². The van der Waals surface area contributed by atoms with Crippen molar-refractivity contribution in [2.75, 3.05) is 5.32 Å². The molecule has 2 aromatic heterocycles. The first-order valence-electron chi connectivity index (χ1n) is 10.3. The first kappa shape index (κ1) is 20.4. The SMILES string of the molecule is O=C(Cn1c(-c2ccccc2)nc2sc3c(c2c1=O)CCCC3)Nc1cccc(I)c1. The van der Waals surface area contributed by atoms with Crippen LogP contribution in [0, 0.1) is 3.57 Å². The van der Waals surface area contributed by atoms with E-state index in [4.69, 9.17) is 4.98 Å². The number of rotatable bonds is 4. The van der Waals surface area contributed by atoms with Crippen LogP contribution in [0.1, 0.15) is 23.3 Å². The molecule has 5 rings (SSSR count). The van der Waals surface area contributed by atoms with Gasteiger partial charge in [0.15, 0.2) is 0 Å². The molecule has 1 aliphatic carbocycles. The highest BCUT2D eigenvalue weighted by molar-refractivity contribution is 14.1. The lowest BCUT2D eigenvalue weighted by Gasteiger charge is -2.14. The number of aryl methyl sites for hydroxylation is 2. The number of amides is 1. The number of nitrogens with zero attached hydrogens (tertiary/aromatic N) is 2. The van der Waals surface area contributed by atoms with Crippen LogP contribution in [0.2, 0.25) is 0 Å². The van der Waals surface area contributed by atoms with Crippen LogP contribution in [-0.4, -0.2) is 15.5 Å². The zero-order valence-corrected chi connectivity index (χ0v) is 19.7. The Morgan fingerprint density at radius 2 is 1.90 bits per heavy atom. The quantitative estimate of drug-likeness (QED) is 0.359. The van der Waals surface area contributed by atoms with Gasteiger partial charge in [-0.15, -0.1) is 11.3 Å². The smallest absolute Gasteiger partial charge is 0.263 e. The van der Waals surface area contributed by atoms with Gasteiger partial charge in [0.25, 0.3) is 5.56 Å². The van der Waals surface area contributed by atoms with E-state index in [9.17, 15) is 9.59 Å². The van der Waals surface area contributed by atoms with Gasteiger partial charge < -0.3 is 5.32 Å². The monoisotopic (exact) mass is 541 g/mol. The highest BCUT2D eigenvalue weighted by Gasteiger charge is 2.23. The lowest BCUT2D eigenvalue weighted by Crippen LogP contribution is -2.30. The van der Waals surface area contributed by atoms with E-state index in [1.165, 1.54) is 9.44 Å². The van der Waals surface area contributed by atoms with Crippen molar-refractivity contribution in [2.24, 2.45) is 0 Å². The Hall–Kier alpha value is -2.52. The summed E-state index contributed by atoms with van der Waals surface area (Å²) < 4.78 is 2.56. The summed E-state index contributed by atoms with van der Waals surface area (Å²) in [5.41, 5.74) is 2.55. The van der Waals surface area contributed by atoms with E-state index < -0.39 is 0 Å². The Labute approximate surface area is 197 Å². The van der Waals surface area contributed by atoms with E-state index in [-0.39, 0.29) is 18.0 Å². The van der Waals surface area contributed by atoms with Crippen molar-refractivity contribution >= 4 is 55.7 Å². The predicted octanol–water partition coefficient (Wildman–Crippen LogP) is 5.25. The molecule has 5 nitrogen and oxygen atoms in total. The average molecular weight is 541 g/mol. The van der Waals surface area contributed by atoms with Gasteiger partial charge in [0.05, 0.1) is 5.39 Å². The van der Waals surface area contributed by atoms with Crippen LogP contribution in [-0.2, 0) is 24.2 Å². The topological polar surface area (TPSA) is 64.0 Å². The molecule has 1 aliphatic rings. The minimum absolute atomic E-state index is 0.0813. The molecule has 0 saturated carbocycles. The van der Waals surface area contributed by atoms with Crippen LogP contribution in [0.15, 0.2) is 59.4 Å². The Morgan fingerprint density at radius 1 is 1.10 bits per heavy atom. The molecule has 0 saturated heterocycles. The van der Waals surface area contributed by atoms with Crippen LogP contribution in [0.3, 0.4) is 0 Å². The van der Waals surface area contributed by atoms with Crippen LogP contribution >= 0.6 is 33.9 Å². The van der Waals surface area contributed by atoms with Crippen LogP contribution < -0.4 is 10.9 Å². The Balaban J connectivity index is 1.61. The number of aromatic nitrogens is 2. The molecule has 4 aromatic rings. The second kappa shape index (κ2) is 8.55. The molecule has 0 unspecified atom stereocenters. The molecule has 0 bridgehead atoms. The molecule has 0 aliphatic heterocycles. The number of carbonyl (C=O) groups is 1. The average Bonchev–Trinajstić information content (AvgIpc) is 3.15. The lowest BCUT2D eigenvalue weighted by atomic mass is 9.97. The Morgan fingerprint density at radius 3 is 2.71 bits per heavy atom. The fourth-order valence-electron chi connectivity index (χ4n) is 4.10. The van der Waals surface area contributed by atoms with Crippen molar-refractivity contribution < 1.29 is 4.79 Å². The third kappa shape index (κ3) is 4.04. The van der Waals surface area contributed by atoms with Crippen LogP contribution in [0.5, 0.6) is 0 Å². The summed E-state index contributed by atoms with van der Waals surface area (Å²) in [6.07, 6.45) is 4.15. The van der Waals surface area contributed by atoms with Crippen molar-refractivity contribution in [3.8, 4) is 11.4 Å². The fraction of sp³-hybridized carbons (Fsp3) is 0.208. The van der Waals surface area contributed by atoms with E-state index in [1.807, 2.05) is 54.6 Å². The molecule has 31 heavy (non-hydrogen) atoms. The van der Waals surface area contributed by atoms with Gasteiger partial charge in [-0.3, -0.25) is 14.2 Å². The molecule has 2 heterocycles. The Bertz CT molecular complexity index is 1340. The maximum Gasteiger partial charge on any atom is 0.263 e. The van der Waals surface area contributed by atoms with Gasteiger partial charge in [-0.2, -0.15) is 0 Å². The normalized spacial score (nSPS) is 13.2. The summed E-state index contributed by atoms with van der Waals surface area (Å²) >= 11 is 3.84. The minimum atomic E-state index is -0.244. The van der Waals surface area contributed by atoms with Gasteiger partial charge in [0.2, 0.25) is 5.91 Å². The molecule has 0 radical (unpaired) electrons. The van der Waals surface area contributed by atoms with E-state index in [2.05, 4.69) is 27.9 Å². The number of hydrogen-bond acceptors (Lipinski definition) is 4. The number of fused-ring (bicyclic) bond motifs is 3. The molecular formula is C24H20IN3O2S. The standard InChI is InChI=1S/C24H20IN3O2S/c25-16-9-6-10-17(13-16)26-20(29)14-28-22(15-7-2-1-3-8-15)27-23-21(24(28)30)18-11-4-5-12-19(18)31-23/h1-3,6-10,13H,4-5,11-12,14H2,(H,26,29). The molecular weight excluding hydrogens is 521 g/mol. The summed E-state index contributed by atoms with van der Waals surface area (Å²) in [7, 11) is 0. The molecule has 0 fully saturated rings. The second-order valence-corrected chi connectivity index (χ2v) is 9.97. The summed E-state index contributed by atoms with van der Waals surface area (Å²) in [5.74, 6) is 0.293. The molecule has 1 N–H and O–H groups in total. The first-order valence-corrected chi connectivity index (χ1v) is 12.2. The molecule has 7 heteroatoms. The minimum Gasteiger partial charge on any atom is -0.324 e. The molecule has 2 aromatic carbocycles. The molecule has 0 atom stereocenters. The zero-order valence-electron chi connectivity index (χ0n) is 16.7. The van der Waals surface area contributed by atoms with Crippen molar-refractivity contribution in [3.63, 3.8) is 0 Å². The Kier molecular flexibility index (Phi) is 5.62. The summed E-state index contributed by atoms with van der Waals surface area (Å²) in [6, 6.07) is 17.2. The van der Waals surface area contributed by atoms with Crippen molar-refractivity contribution in [3.05, 3.63) is 79.0 Å². The summed E-state index contributed by atoms with van der Waals surface area (Å²) in [4.78, 5) is 33.5. The first-order chi connectivity index (χ1) is 15.1. The molecule has 156 valence electrons. The largest absolute Gasteiger partial charge is 0.324 e. The second-order valence-electron chi connectivity index (χ2n) is 7.64. The van der Waals surface area contributed by atoms with Gasteiger partial charge in [0, 0.05) is 19.7 Å². The summed E-state index contributed by atoms with van der Waals surface area (Å²) in [6.45, 7) is -0.0813. The summed E-state index contributed by atoms with van der Waals surface area (Å²) in [5, 5.41) is 3.61.